The van der Waals surface area contributed by atoms with Crippen molar-refractivity contribution in [3.8, 4) is 0 Å². The Bertz CT molecular complexity index is 500. The van der Waals surface area contributed by atoms with Crippen LogP contribution in [0.4, 0.5) is 5.69 Å². The van der Waals surface area contributed by atoms with Crippen LogP contribution in [0.2, 0.25) is 0 Å². The van der Waals surface area contributed by atoms with Crippen molar-refractivity contribution in [1.29, 1.82) is 0 Å². The maximum atomic E-state index is 12.0. The van der Waals surface area contributed by atoms with Crippen molar-refractivity contribution in [2.24, 2.45) is 0 Å². The first-order valence-corrected chi connectivity index (χ1v) is 6.76. The summed E-state index contributed by atoms with van der Waals surface area (Å²) in [5.74, 6) is -0.158. The van der Waals surface area contributed by atoms with Crippen molar-refractivity contribution in [3.63, 3.8) is 0 Å². The predicted octanol–water partition coefficient (Wildman–Crippen LogP) is -0.109. The normalized spacial score (nSPS) is 13.4. The molecule has 1 aromatic carbocycles. The van der Waals surface area contributed by atoms with Crippen LogP contribution < -0.4 is 15.5 Å². The topological polar surface area (TPSA) is 62.6 Å². The zero-order chi connectivity index (χ0) is 15.3. The summed E-state index contributed by atoms with van der Waals surface area (Å²) in [6, 6.07) is 5.56. The molecule has 5 nitrogen and oxygen atoms in total. The van der Waals surface area contributed by atoms with E-state index in [4.69, 9.17) is 0 Å². The van der Waals surface area contributed by atoms with E-state index in [0.29, 0.717) is 0 Å². The smallest absolute Gasteiger partial charge is 0.279 e. The molecule has 2 atom stereocenters. The molecule has 1 aromatic rings. The SMILES string of the molecule is CNC(=O)[C@H](C)[NH+](C)CC(=O)Nc1cccc(C)c1C. The number of carbonyl (C=O) groups excluding carboxylic acids is 2. The molecule has 20 heavy (non-hydrogen) atoms. The van der Waals surface area contributed by atoms with E-state index in [9.17, 15) is 9.59 Å². The van der Waals surface area contributed by atoms with Gasteiger partial charge in [0, 0.05) is 12.7 Å². The summed E-state index contributed by atoms with van der Waals surface area (Å²) in [5.41, 5.74) is 3.04. The zero-order valence-corrected chi connectivity index (χ0v) is 12.8. The lowest BCUT2D eigenvalue weighted by atomic mass is 10.1. The molecule has 110 valence electrons. The first-order chi connectivity index (χ1) is 9.36. The fourth-order valence-corrected chi connectivity index (χ4v) is 1.93. The van der Waals surface area contributed by atoms with Crippen LogP contribution in [-0.4, -0.2) is 38.5 Å². The number of rotatable bonds is 5. The zero-order valence-electron chi connectivity index (χ0n) is 12.8. The Hall–Kier alpha value is -1.88. The van der Waals surface area contributed by atoms with Crippen molar-refractivity contribution < 1.29 is 14.5 Å². The van der Waals surface area contributed by atoms with E-state index in [0.717, 1.165) is 21.7 Å². The summed E-state index contributed by atoms with van der Waals surface area (Å²) in [7, 11) is 3.44. The second-order valence-corrected chi connectivity index (χ2v) is 5.15. The van der Waals surface area contributed by atoms with Gasteiger partial charge in [-0.2, -0.15) is 0 Å². The largest absolute Gasteiger partial charge is 0.354 e. The number of anilines is 1. The van der Waals surface area contributed by atoms with Crippen molar-refractivity contribution in [2.45, 2.75) is 26.8 Å². The van der Waals surface area contributed by atoms with Gasteiger partial charge in [-0.1, -0.05) is 12.1 Å². The van der Waals surface area contributed by atoms with Gasteiger partial charge in [0.2, 0.25) is 0 Å². The Kier molecular flexibility index (Phi) is 5.70. The van der Waals surface area contributed by atoms with Crippen LogP contribution in [0.25, 0.3) is 0 Å². The molecule has 1 unspecified atom stereocenters. The van der Waals surface area contributed by atoms with E-state index in [2.05, 4.69) is 10.6 Å². The standard InChI is InChI=1S/C15H23N3O2/c1-10-7-6-8-13(11(10)2)17-14(19)9-18(5)12(3)15(20)16-4/h6-8,12H,9H2,1-5H3,(H,16,20)(H,17,19)/p+1/t12-/m0/s1. The maximum absolute atomic E-state index is 12.0. The summed E-state index contributed by atoms with van der Waals surface area (Å²) in [4.78, 5) is 24.4. The molecule has 0 aliphatic heterocycles. The van der Waals surface area contributed by atoms with Crippen LogP contribution in [0, 0.1) is 13.8 Å². The molecule has 1 rings (SSSR count). The number of carbonyl (C=O) groups is 2. The molecule has 2 amide bonds. The summed E-state index contributed by atoms with van der Waals surface area (Å²) in [6.07, 6.45) is 0. The number of hydrogen-bond donors (Lipinski definition) is 3. The van der Waals surface area contributed by atoms with E-state index in [1.807, 2.05) is 39.1 Å². The van der Waals surface area contributed by atoms with Gasteiger partial charge in [0.1, 0.15) is 0 Å². The van der Waals surface area contributed by atoms with Gasteiger partial charge in [0.25, 0.3) is 11.8 Å². The van der Waals surface area contributed by atoms with Crippen molar-refractivity contribution in [1.82, 2.24) is 5.32 Å². The van der Waals surface area contributed by atoms with Crippen LogP contribution in [0.5, 0.6) is 0 Å². The number of amides is 2. The highest BCUT2D eigenvalue weighted by Gasteiger charge is 2.22. The lowest BCUT2D eigenvalue weighted by molar-refractivity contribution is -0.885. The molecule has 0 saturated carbocycles. The van der Waals surface area contributed by atoms with Crippen LogP contribution in [0.1, 0.15) is 18.1 Å². The maximum Gasteiger partial charge on any atom is 0.279 e. The Morgan fingerprint density at radius 3 is 2.55 bits per heavy atom. The highest BCUT2D eigenvalue weighted by molar-refractivity contribution is 5.92. The van der Waals surface area contributed by atoms with Gasteiger partial charge in [0.05, 0.1) is 7.05 Å². The van der Waals surface area contributed by atoms with Gasteiger partial charge >= 0.3 is 0 Å². The molecule has 0 aliphatic rings. The van der Waals surface area contributed by atoms with Crippen LogP contribution >= 0.6 is 0 Å². The predicted molar refractivity (Wildman–Crippen MR) is 79.8 cm³/mol. The molecule has 0 saturated heterocycles. The van der Waals surface area contributed by atoms with E-state index < -0.39 is 0 Å². The van der Waals surface area contributed by atoms with E-state index in [-0.39, 0.29) is 24.4 Å². The van der Waals surface area contributed by atoms with Gasteiger partial charge in [-0.3, -0.25) is 9.59 Å². The fourth-order valence-electron chi connectivity index (χ4n) is 1.93. The summed E-state index contributed by atoms with van der Waals surface area (Å²) in [5, 5.41) is 5.50. The number of hydrogen-bond acceptors (Lipinski definition) is 2. The number of nitrogens with one attached hydrogen (secondary N) is 3. The highest BCUT2D eigenvalue weighted by Crippen LogP contribution is 2.17. The number of benzene rings is 1. The summed E-state index contributed by atoms with van der Waals surface area (Å²) in [6.45, 7) is 6.05. The second kappa shape index (κ2) is 7.05. The third-order valence-electron chi connectivity index (χ3n) is 3.70. The Morgan fingerprint density at radius 2 is 1.95 bits per heavy atom. The molecule has 0 aromatic heterocycles. The average molecular weight is 278 g/mol. The first-order valence-electron chi connectivity index (χ1n) is 6.76. The van der Waals surface area contributed by atoms with Gasteiger partial charge in [-0.25, -0.2) is 0 Å². The molecular weight excluding hydrogens is 254 g/mol. The van der Waals surface area contributed by atoms with E-state index in [1.165, 1.54) is 0 Å². The first kappa shape index (κ1) is 16.2. The molecule has 0 spiro atoms. The lowest BCUT2D eigenvalue weighted by Gasteiger charge is -2.20. The van der Waals surface area contributed by atoms with E-state index >= 15 is 0 Å². The minimum Gasteiger partial charge on any atom is -0.354 e. The lowest BCUT2D eigenvalue weighted by Crippen LogP contribution is -3.15. The van der Waals surface area contributed by atoms with Crippen LogP contribution in [-0.2, 0) is 9.59 Å². The molecule has 5 heteroatoms. The Morgan fingerprint density at radius 1 is 1.30 bits per heavy atom. The minimum atomic E-state index is -0.260. The quantitative estimate of drug-likeness (QED) is 0.704. The third kappa shape index (κ3) is 4.06. The van der Waals surface area contributed by atoms with Gasteiger partial charge in [-0.15, -0.1) is 0 Å². The van der Waals surface area contributed by atoms with Crippen molar-refractivity contribution in [3.05, 3.63) is 29.3 Å². The fraction of sp³-hybridized carbons (Fsp3) is 0.467. The molecule has 0 heterocycles. The van der Waals surface area contributed by atoms with Gasteiger partial charge < -0.3 is 15.5 Å². The number of aryl methyl sites for hydroxylation is 1. The third-order valence-corrected chi connectivity index (χ3v) is 3.70. The van der Waals surface area contributed by atoms with E-state index in [1.54, 1.807) is 14.0 Å². The molecule has 3 N–H and O–H groups in total. The average Bonchev–Trinajstić information content (AvgIpc) is 2.42. The Balaban J connectivity index is 2.64. The number of likely N-dealkylation sites (N-methyl/N-ethyl adjacent to an activating group) is 2. The minimum absolute atomic E-state index is 0.0676. The van der Waals surface area contributed by atoms with Gasteiger partial charge in [-0.05, 0) is 38.0 Å². The summed E-state index contributed by atoms with van der Waals surface area (Å²) < 4.78 is 0. The summed E-state index contributed by atoms with van der Waals surface area (Å²) >= 11 is 0. The molecular formula is C15H24N3O2+. The van der Waals surface area contributed by atoms with Crippen molar-refractivity contribution >= 4 is 17.5 Å². The molecule has 0 aliphatic carbocycles. The van der Waals surface area contributed by atoms with Crippen LogP contribution in [0.15, 0.2) is 18.2 Å². The van der Waals surface area contributed by atoms with Gasteiger partial charge in [0.15, 0.2) is 12.6 Å². The highest BCUT2D eigenvalue weighted by atomic mass is 16.2. The van der Waals surface area contributed by atoms with Crippen molar-refractivity contribution in [2.75, 3.05) is 26.0 Å². The second-order valence-electron chi connectivity index (χ2n) is 5.15. The number of quaternary nitrogens is 1. The molecule has 0 bridgehead atoms. The molecule has 0 fully saturated rings. The molecule has 0 radical (unpaired) electrons. The monoisotopic (exact) mass is 278 g/mol. The van der Waals surface area contributed by atoms with Crippen LogP contribution in [0.3, 0.4) is 0 Å². The Labute approximate surface area is 120 Å².